The molecule has 0 aromatic carbocycles. The van der Waals surface area contributed by atoms with Crippen molar-refractivity contribution in [3.63, 3.8) is 0 Å². The van der Waals surface area contributed by atoms with Crippen molar-refractivity contribution in [2.75, 3.05) is 44.7 Å². The molecule has 1 aliphatic rings. The van der Waals surface area contributed by atoms with E-state index in [1.807, 2.05) is 0 Å². The first-order valence-electron chi connectivity index (χ1n) is 9.33. The van der Waals surface area contributed by atoms with Gasteiger partial charge in [-0.2, -0.15) is 17.5 Å². The number of aromatic nitrogens is 1. The number of amides is 1. The molecule has 2 aromatic rings. The zero-order chi connectivity index (χ0) is 22.6. The van der Waals surface area contributed by atoms with Crippen LogP contribution in [0.15, 0.2) is 33.9 Å². The first kappa shape index (κ1) is 23.0. The molecular weight excluding hydrogens is 441 g/mol. The van der Waals surface area contributed by atoms with Crippen molar-refractivity contribution in [3.8, 4) is 0 Å². The van der Waals surface area contributed by atoms with Gasteiger partial charge in [-0.3, -0.25) is 4.79 Å². The summed E-state index contributed by atoms with van der Waals surface area (Å²) in [4.78, 5) is 16.1. The number of furan rings is 1. The molecule has 1 aliphatic heterocycles. The van der Waals surface area contributed by atoms with Crippen LogP contribution in [0.4, 0.5) is 19.0 Å². The molecule has 13 heteroatoms. The first-order valence-corrected chi connectivity index (χ1v) is 10.8. The number of anilines is 1. The Balaban J connectivity index is 1.60. The van der Waals surface area contributed by atoms with Crippen molar-refractivity contribution in [1.82, 2.24) is 14.6 Å². The number of rotatable bonds is 7. The molecule has 0 spiro atoms. The second-order valence-corrected chi connectivity index (χ2v) is 8.50. The highest BCUT2D eigenvalue weighted by atomic mass is 32.2. The van der Waals surface area contributed by atoms with Gasteiger partial charge in [0.25, 0.3) is 15.9 Å². The number of ether oxygens (including phenoxy) is 1. The Kier molecular flexibility index (Phi) is 6.86. The smallest absolute Gasteiger partial charge is 0.419 e. The van der Waals surface area contributed by atoms with Crippen molar-refractivity contribution in [2.24, 2.45) is 0 Å². The summed E-state index contributed by atoms with van der Waals surface area (Å²) < 4.78 is 75.8. The van der Waals surface area contributed by atoms with Gasteiger partial charge in [0, 0.05) is 38.4 Å². The molecule has 9 nitrogen and oxygen atoms in total. The number of nitrogens with zero attached hydrogens (tertiary/aromatic N) is 2. The summed E-state index contributed by atoms with van der Waals surface area (Å²) in [6.07, 6.45) is -3.34. The fraction of sp³-hybridized carbons (Fsp3) is 0.444. The summed E-state index contributed by atoms with van der Waals surface area (Å²) >= 11 is 0. The standard InChI is InChI=1S/C18H21F3N4O5S/c1-12-13(11-15(30-12)31(27,28)25-7-9-29-10-8-25)17(26)24-6-5-23-16-14(18(19,20)21)3-2-4-22-16/h2-4,11H,5-10H2,1H3,(H,22,23)(H,24,26). The van der Waals surface area contributed by atoms with Gasteiger partial charge in [0.1, 0.15) is 11.6 Å². The van der Waals surface area contributed by atoms with Crippen LogP contribution in [0.1, 0.15) is 21.7 Å². The molecule has 0 bridgehead atoms. The number of hydrogen-bond acceptors (Lipinski definition) is 7. The Morgan fingerprint density at radius 2 is 1.97 bits per heavy atom. The maximum absolute atomic E-state index is 13.0. The molecule has 1 saturated heterocycles. The number of aryl methyl sites for hydroxylation is 1. The minimum absolute atomic E-state index is 0.0249. The third-order valence-electron chi connectivity index (χ3n) is 4.52. The van der Waals surface area contributed by atoms with E-state index >= 15 is 0 Å². The maximum atomic E-state index is 13.0. The van der Waals surface area contributed by atoms with E-state index in [0.717, 1.165) is 12.1 Å². The molecule has 0 saturated carbocycles. The molecule has 31 heavy (non-hydrogen) atoms. The molecule has 1 fully saturated rings. The monoisotopic (exact) mass is 462 g/mol. The molecule has 170 valence electrons. The minimum Gasteiger partial charge on any atom is -0.448 e. The predicted octanol–water partition coefficient (Wildman–Crippen LogP) is 1.86. The van der Waals surface area contributed by atoms with Crippen LogP contribution in [-0.2, 0) is 20.9 Å². The highest BCUT2D eigenvalue weighted by Gasteiger charge is 2.34. The van der Waals surface area contributed by atoms with Crippen molar-refractivity contribution in [3.05, 3.63) is 41.3 Å². The number of halogens is 3. The first-order chi connectivity index (χ1) is 14.6. The Hall–Kier alpha value is -2.64. The van der Waals surface area contributed by atoms with Crippen LogP contribution >= 0.6 is 0 Å². The van der Waals surface area contributed by atoms with E-state index < -0.39 is 27.7 Å². The van der Waals surface area contributed by atoms with E-state index in [1.165, 1.54) is 23.5 Å². The van der Waals surface area contributed by atoms with Crippen molar-refractivity contribution < 1.29 is 35.5 Å². The van der Waals surface area contributed by atoms with E-state index in [-0.39, 0.29) is 61.6 Å². The number of hydrogen-bond donors (Lipinski definition) is 2. The molecule has 1 amide bonds. The lowest BCUT2D eigenvalue weighted by molar-refractivity contribution is -0.137. The number of sulfonamides is 1. The number of carbonyl (C=O) groups is 1. The second kappa shape index (κ2) is 9.24. The van der Waals surface area contributed by atoms with Crippen LogP contribution in [-0.4, -0.2) is 63.0 Å². The van der Waals surface area contributed by atoms with Crippen molar-refractivity contribution in [1.29, 1.82) is 0 Å². The van der Waals surface area contributed by atoms with E-state index in [4.69, 9.17) is 9.15 Å². The topological polar surface area (TPSA) is 114 Å². The van der Waals surface area contributed by atoms with Crippen molar-refractivity contribution in [2.45, 2.75) is 18.2 Å². The normalized spacial score (nSPS) is 15.6. The van der Waals surface area contributed by atoms with Crippen LogP contribution in [0, 0.1) is 6.92 Å². The summed E-state index contributed by atoms with van der Waals surface area (Å²) in [7, 11) is -3.90. The van der Waals surface area contributed by atoms with E-state index in [1.54, 1.807) is 0 Å². The molecule has 2 aromatic heterocycles. The highest BCUT2D eigenvalue weighted by molar-refractivity contribution is 7.89. The zero-order valence-electron chi connectivity index (χ0n) is 16.5. The Morgan fingerprint density at radius 3 is 2.65 bits per heavy atom. The molecule has 0 unspecified atom stereocenters. The number of alkyl halides is 3. The molecular formula is C18H21F3N4O5S. The van der Waals surface area contributed by atoms with E-state index in [9.17, 15) is 26.4 Å². The van der Waals surface area contributed by atoms with Crippen LogP contribution in [0.3, 0.4) is 0 Å². The van der Waals surface area contributed by atoms with Gasteiger partial charge in [0.15, 0.2) is 0 Å². The molecule has 3 heterocycles. The van der Waals surface area contributed by atoms with Gasteiger partial charge < -0.3 is 19.8 Å². The fourth-order valence-electron chi connectivity index (χ4n) is 2.95. The van der Waals surface area contributed by atoms with Crippen LogP contribution in [0.25, 0.3) is 0 Å². The Morgan fingerprint density at radius 1 is 1.26 bits per heavy atom. The Labute approximate surface area is 176 Å². The van der Waals surface area contributed by atoms with Gasteiger partial charge in [-0.1, -0.05) is 0 Å². The van der Waals surface area contributed by atoms with E-state index in [0.29, 0.717) is 0 Å². The number of morpholine rings is 1. The average Bonchev–Trinajstić information content (AvgIpc) is 3.14. The van der Waals surface area contributed by atoms with Gasteiger partial charge in [0.05, 0.1) is 24.3 Å². The maximum Gasteiger partial charge on any atom is 0.419 e. The summed E-state index contributed by atoms with van der Waals surface area (Å²) in [6, 6.07) is 3.22. The molecule has 0 radical (unpaired) electrons. The lowest BCUT2D eigenvalue weighted by Crippen LogP contribution is -2.40. The molecule has 3 rings (SSSR count). The van der Waals surface area contributed by atoms with E-state index in [2.05, 4.69) is 15.6 Å². The van der Waals surface area contributed by atoms with Crippen LogP contribution in [0.2, 0.25) is 0 Å². The quantitative estimate of drug-likeness (QED) is 0.604. The number of carbonyl (C=O) groups excluding carboxylic acids is 1. The van der Waals surface area contributed by atoms with Gasteiger partial charge in [-0.15, -0.1) is 0 Å². The SMILES string of the molecule is Cc1oc(S(=O)(=O)N2CCOCC2)cc1C(=O)NCCNc1ncccc1C(F)(F)F. The third kappa shape index (κ3) is 5.35. The van der Waals surface area contributed by atoms with Crippen LogP contribution < -0.4 is 10.6 Å². The summed E-state index contributed by atoms with van der Waals surface area (Å²) in [5.41, 5.74) is -0.884. The highest BCUT2D eigenvalue weighted by Crippen LogP contribution is 2.33. The number of nitrogens with one attached hydrogen (secondary N) is 2. The average molecular weight is 462 g/mol. The van der Waals surface area contributed by atoms with Crippen molar-refractivity contribution >= 4 is 21.7 Å². The Bertz CT molecular complexity index is 1030. The fourth-order valence-corrected chi connectivity index (χ4v) is 4.33. The third-order valence-corrected chi connectivity index (χ3v) is 6.27. The number of pyridine rings is 1. The van der Waals surface area contributed by atoms with Gasteiger partial charge >= 0.3 is 6.18 Å². The predicted molar refractivity (Wildman–Crippen MR) is 103 cm³/mol. The summed E-state index contributed by atoms with van der Waals surface area (Å²) in [6.45, 7) is 2.31. The van der Waals surface area contributed by atoms with Crippen LogP contribution in [0.5, 0.6) is 0 Å². The molecule has 0 atom stereocenters. The van der Waals surface area contributed by atoms with Gasteiger partial charge in [-0.25, -0.2) is 13.4 Å². The van der Waals surface area contributed by atoms with Gasteiger partial charge in [0.2, 0.25) is 5.09 Å². The minimum atomic E-state index is -4.56. The zero-order valence-corrected chi connectivity index (χ0v) is 17.3. The largest absolute Gasteiger partial charge is 0.448 e. The van der Waals surface area contributed by atoms with Gasteiger partial charge in [-0.05, 0) is 19.1 Å². The molecule has 0 aliphatic carbocycles. The summed E-state index contributed by atoms with van der Waals surface area (Å²) in [5.74, 6) is -0.840. The summed E-state index contributed by atoms with van der Waals surface area (Å²) in [5, 5.41) is 4.70. The lowest BCUT2D eigenvalue weighted by Gasteiger charge is -2.24. The lowest BCUT2D eigenvalue weighted by atomic mass is 10.2. The molecule has 2 N–H and O–H groups in total. The second-order valence-electron chi connectivity index (χ2n) is 6.63.